The zero-order valence-electron chi connectivity index (χ0n) is 12.7. The van der Waals surface area contributed by atoms with Gasteiger partial charge in [0.05, 0.1) is 11.4 Å². The van der Waals surface area contributed by atoms with E-state index in [-0.39, 0.29) is 6.04 Å². The van der Waals surface area contributed by atoms with Crippen molar-refractivity contribution in [1.29, 1.82) is 0 Å². The largest absolute Gasteiger partial charge is 0.251 e. The highest BCUT2D eigenvalue weighted by atomic mass is 32.2. The number of hydrogen-bond donors (Lipinski definition) is 1. The highest BCUT2D eigenvalue weighted by molar-refractivity contribution is 7.89. The lowest BCUT2D eigenvalue weighted by Gasteiger charge is -2.17. The standard InChI is InChI=1S/C14H20N4O2S/c1-10-5-11(2)14(12(3)6-10)21(19,20)17-13(4)7-18-9-15-8-16-18/h5-6,8-9,13,17H,7H2,1-4H3/t13-/m1/s1. The van der Waals surface area contributed by atoms with Gasteiger partial charge in [-0.25, -0.2) is 18.1 Å². The lowest BCUT2D eigenvalue weighted by Crippen LogP contribution is -2.36. The van der Waals surface area contributed by atoms with E-state index in [9.17, 15) is 8.42 Å². The maximum atomic E-state index is 12.6. The Labute approximate surface area is 125 Å². The summed E-state index contributed by atoms with van der Waals surface area (Å²) in [5.74, 6) is 0. The summed E-state index contributed by atoms with van der Waals surface area (Å²) >= 11 is 0. The number of hydrogen-bond acceptors (Lipinski definition) is 4. The Bertz CT molecular complexity index is 700. The molecule has 1 atom stereocenters. The first-order valence-corrected chi connectivity index (χ1v) is 8.20. The van der Waals surface area contributed by atoms with Crippen molar-refractivity contribution in [2.75, 3.05) is 0 Å². The molecule has 0 aliphatic rings. The minimum atomic E-state index is -3.55. The molecule has 0 radical (unpaired) electrons. The zero-order valence-corrected chi connectivity index (χ0v) is 13.5. The SMILES string of the molecule is Cc1cc(C)c(S(=O)(=O)N[C@H](C)Cn2cncn2)c(C)c1. The number of benzene rings is 1. The highest BCUT2D eigenvalue weighted by Gasteiger charge is 2.22. The van der Waals surface area contributed by atoms with Gasteiger partial charge in [-0.2, -0.15) is 5.10 Å². The van der Waals surface area contributed by atoms with Gasteiger partial charge < -0.3 is 0 Å². The van der Waals surface area contributed by atoms with Crippen LogP contribution in [0, 0.1) is 20.8 Å². The minimum absolute atomic E-state index is 0.281. The number of rotatable bonds is 5. The van der Waals surface area contributed by atoms with Crippen LogP contribution in [-0.2, 0) is 16.6 Å². The second-order valence-electron chi connectivity index (χ2n) is 5.37. The quantitative estimate of drug-likeness (QED) is 0.909. The molecule has 0 aliphatic heterocycles. The molecule has 21 heavy (non-hydrogen) atoms. The van der Waals surface area contributed by atoms with E-state index in [1.54, 1.807) is 17.9 Å². The summed E-state index contributed by atoms with van der Waals surface area (Å²) in [5, 5.41) is 3.98. The van der Waals surface area contributed by atoms with Gasteiger partial charge in [0, 0.05) is 6.04 Å². The first-order chi connectivity index (χ1) is 9.79. The second-order valence-corrected chi connectivity index (χ2v) is 7.02. The molecule has 0 aliphatic carbocycles. The Morgan fingerprint density at radius 3 is 2.38 bits per heavy atom. The summed E-state index contributed by atoms with van der Waals surface area (Å²) in [5.41, 5.74) is 2.57. The smallest absolute Gasteiger partial charge is 0.241 e. The average molecular weight is 308 g/mol. The van der Waals surface area contributed by atoms with Crippen LogP contribution in [0.15, 0.2) is 29.7 Å². The Morgan fingerprint density at radius 1 is 1.24 bits per heavy atom. The van der Waals surface area contributed by atoms with Crippen molar-refractivity contribution in [1.82, 2.24) is 19.5 Å². The third-order valence-electron chi connectivity index (χ3n) is 3.16. The molecule has 114 valence electrons. The third-order valence-corrected chi connectivity index (χ3v) is 5.05. The molecule has 2 rings (SSSR count). The van der Waals surface area contributed by atoms with Crippen molar-refractivity contribution in [3.63, 3.8) is 0 Å². The average Bonchev–Trinajstić information content (AvgIpc) is 2.78. The Morgan fingerprint density at radius 2 is 1.86 bits per heavy atom. The molecule has 1 N–H and O–H groups in total. The van der Waals surface area contributed by atoms with E-state index in [0.29, 0.717) is 11.4 Å². The topological polar surface area (TPSA) is 76.9 Å². The number of nitrogens with zero attached hydrogens (tertiary/aromatic N) is 3. The third kappa shape index (κ3) is 3.68. The number of sulfonamides is 1. The molecule has 0 bridgehead atoms. The molecule has 0 amide bonds. The Hall–Kier alpha value is -1.73. The molecule has 0 spiro atoms. The van der Waals surface area contributed by atoms with Gasteiger partial charge in [-0.3, -0.25) is 4.68 Å². The molecule has 0 saturated heterocycles. The minimum Gasteiger partial charge on any atom is -0.251 e. The van der Waals surface area contributed by atoms with Crippen molar-refractivity contribution in [3.8, 4) is 0 Å². The van der Waals surface area contributed by atoms with E-state index in [1.165, 1.54) is 6.33 Å². The van der Waals surface area contributed by atoms with Crippen LogP contribution in [0.5, 0.6) is 0 Å². The highest BCUT2D eigenvalue weighted by Crippen LogP contribution is 2.21. The van der Waals surface area contributed by atoms with Gasteiger partial charge in [0.2, 0.25) is 10.0 Å². The van der Waals surface area contributed by atoms with Crippen molar-refractivity contribution >= 4 is 10.0 Å². The van der Waals surface area contributed by atoms with Gasteiger partial charge in [-0.05, 0) is 38.8 Å². The molecule has 2 aromatic rings. The fraction of sp³-hybridized carbons (Fsp3) is 0.429. The summed E-state index contributed by atoms with van der Waals surface area (Å²) in [6.07, 6.45) is 2.99. The van der Waals surface area contributed by atoms with Crippen LogP contribution in [0.25, 0.3) is 0 Å². The number of aromatic nitrogens is 3. The van der Waals surface area contributed by atoms with E-state index in [2.05, 4.69) is 14.8 Å². The normalized spacial score (nSPS) is 13.3. The molecule has 6 nitrogen and oxygen atoms in total. The molecule has 0 saturated carbocycles. The van der Waals surface area contributed by atoms with Crippen molar-refractivity contribution in [3.05, 3.63) is 41.5 Å². The first kappa shape index (κ1) is 15.7. The molecular weight excluding hydrogens is 288 g/mol. The van der Waals surface area contributed by atoms with E-state index < -0.39 is 10.0 Å². The van der Waals surface area contributed by atoms with E-state index >= 15 is 0 Å². The zero-order chi connectivity index (χ0) is 15.6. The maximum Gasteiger partial charge on any atom is 0.241 e. The van der Waals surface area contributed by atoms with Gasteiger partial charge in [-0.15, -0.1) is 0 Å². The van der Waals surface area contributed by atoms with Crippen LogP contribution in [0.4, 0.5) is 0 Å². The Balaban J connectivity index is 2.22. The summed E-state index contributed by atoms with van der Waals surface area (Å²) in [6.45, 7) is 7.83. The second kappa shape index (κ2) is 5.95. The summed E-state index contributed by atoms with van der Waals surface area (Å²) in [7, 11) is -3.55. The van der Waals surface area contributed by atoms with Crippen molar-refractivity contribution in [2.24, 2.45) is 0 Å². The first-order valence-electron chi connectivity index (χ1n) is 6.72. The number of aryl methyl sites for hydroxylation is 3. The van der Waals surface area contributed by atoms with Crippen LogP contribution in [0.3, 0.4) is 0 Å². The number of nitrogens with one attached hydrogen (secondary N) is 1. The molecule has 0 fully saturated rings. The van der Waals surface area contributed by atoms with Gasteiger partial charge >= 0.3 is 0 Å². The Kier molecular flexibility index (Phi) is 4.43. The fourth-order valence-corrected chi connectivity index (χ4v) is 4.25. The predicted octanol–water partition coefficient (Wildman–Crippen LogP) is 1.57. The molecular formula is C14H20N4O2S. The van der Waals surface area contributed by atoms with E-state index in [1.807, 2.05) is 32.9 Å². The van der Waals surface area contributed by atoms with E-state index in [4.69, 9.17) is 0 Å². The molecule has 7 heteroatoms. The molecule has 1 aromatic carbocycles. The van der Waals surface area contributed by atoms with E-state index in [0.717, 1.165) is 16.7 Å². The van der Waals surface area contributed by atoms with Crippen molar-refractivity contribution in [2.45, 2.75) is 45.2 Å². The van der Waals surface area contributed by atoms with Crippen LogP contribution in [0.2, 0.25) is 0 Å². The van der Waals surface area contributed by atoms with Crippen LogP contribution in [-0.4, -0.2) is 29.2 Å². The molecule has 0 unspecified atom stereocenters. The lowest BCUT2D eigenvalue weighted by atomic mass is 10.1. The van der Waals surface area contributed by atoms with Crippen molar-refractivity contribution < 1.29 is 8.42 Å². The maximum absolute atomic E-state index is 12.6. The monoisotopic (exact) mass is 308 g/mol. The predicted molar refractivity (Wildman–Crippen MR) is 80.5 cm³/mol. The van der Waals surface area contributed by atoms with Crippen LogP contribution >= 0.6 is 0 Å². The van der Waals surface area contributed by atoms with Crippen LogP contribution < -0.4 is 4.72 Å². The molecule has 1 heterocycles. The van der Waals surface area contributed by atoms with Gasteiger partial charge in [0.1, 0.15) is 12.7 Å². The van der Waals surface area contributed by atoms with Gasteiger partial charge in [-0.1, -0.05) is 17.7 Å². The lowest BCUT2D eigenvalue weighted by molar-refractivity contribution is 0.492. The summed E-state index contributed by atoms with van der Waals surface area (Å²) in [4.78, 5) is 4.20. The fourth-order valence-electron chi connectivity index (χ4n) is 2.56. The van der Waals surface area contributed by atoms with Gasteiger partial charge in [0.15, 0.2) is 0 Å². The van der Waals surface area contributed by atoms with Crippen LogP contribution in [0.1, 0.15) is 23.6 Å². The summed E-state index contributed by atoms with van der Waals surface area (Å²) in [6, 6.07) is 3.48. The molecule has 1 aromatic heterocycles. The summed E-state index contributed by atoms with van der Waals surface area (Å²) < 4.78 is 29.4. The van der Waals surface area contributed by atoms with Gasteiger partial charge in [0.25, 0.3) is 0 Å².